The minimum absolute atomic E-state index is 0.310. The topological polar surface area (TPSA) is 12.0 Å². The van der Waals surface area contributed by atoms with E-state index in [0.717, 1.165) is 18.7 Å². The van der Waals surface area contributed by atoms with Crippen molar-refractivity contribution >= 4 is 0 Å². The van der Waals surface area contributed by atoms with Gasteiger partial charge in [0.15, 0.2) is 0 Å². The van der Waals surface area contributed by atoms with E-state index in [1.54, 1.807) is 6.07 Å². The minimum atomic E-state index is -4.23. The van der Waals surface area contributed by atoms with Crippen LogP contribution >= 0.6 is 0 Å². The zero-order valence-corrected chi connectivity index (χ0v) is 9.51. The summed E-state index contributed by atoms with van der Waals surface area (Å²) in [5.74, 6) is 1.45. The molecule has 1 aliphatic heterocycles. The van der Waals surface area contributed by atoms with Gasteiger partial charge < -0.3 is 5.32 Å². The maximum Gasteiger partial charge on any atom is 0.416 e. The maximum atomic E-state index is 12.8. The number of rotatable bonds is 1. The fraction of sp³-hybridized carbons (Fsp3) is 0.538. The Kier molecular flexibility index (Phi) is 2.27. The van der Waals surface area contributed by atoms with Crippen molar-refractivity contribution in [3.05, 3.63) is 34.9 Å². The van der Waals surface area contributed by atoms with Crippen molar-refractivity contribution in [3.8, 4) is 0 Å². The van der Waals surface area contributed by atoms with Crippen molar-refractivity contribution in [1.82, 2.24) is 5.32 Å². The van der Waals surface area contributed by atoms with E-state index in [9.17, 15) is 13.2 Å². The van der Waals surface area contributed by atoms with Crippen LogP contribution in [0, 0.1) is 18.8 Å². The first kappa shape index (κ1) is 11.1. The van der Waals surface area contributed by atoms with Gasteiger partial charge in [0.2, 0.25) is 0 Å². The van der Waals surface area contributed by atoms with Gasteiger partial charge in [0.25, 0.3) is 0 Å². The van der Waals surface area contributed by atoms with E-state index >= 15 is 0 Å². The molecule has 1 unspecified atom stereocenters. The Morgan fingerprint density at radius 1 is 1.18 bits per heavy atom. The average Bonchev–Trinajstić information content (AvgIpc) is 2.72. The van der Waals surface area contributed by atoms with Crippen molar-refractivity contribution in [2.45, 2.75) is 19.0 Å². The number of aryl methyl sites for hydroxylation is 1. The number of alkyl halides is 3. The molecule has 1 saturated heterocycles. The molecule has 0 aromatic heterocycles. The number of piperidine rings is 1. The van der Waals surface area contributed by atoms with Crippen LogP contribution in [0.15, 0.2) is 18.2 Å². The molecule has 0 radical (unpaired) electrons. The zero-order chi connectivity index (χ0) is 12.2. The van der Waals surface area contributed by atoms with Gasteiger partial charge in [-0.3, -0.25) is 0 Å². The Balaban J connectivity index is 1.92. The second-order valence-corrected chi connectivity index (χ2v) is 5.08. The largest absolute Gasteiger partial charge is 0.416 e. The van der Waals surface area contributed by atoms with Crippen molar-refractivity contribution in [2.75, 3.05) is 13.1 Å². The van der Waals surface area contributed by atoms with Gasteiger partial charge >= 0.3 is 6.18 Å². The normalized spacial score (nSPS) is 31.4. The highest BCUT2D eigenvalue weighted by Gasteiger charge is 2.53. The monoisotopic (exact) mass is 241 g/mol. The standard InChI is InChI=1S/C13H14F3N/c1-7-2-3-8(4-11(7)13(14,15)16)12-9-5-17-6-10(9)12/h2-4,9-10,12,17H,5-6H2,1H3/t9-,10+,12?. The highest BCUT2D eigenvalue weighted by molar-refractivity contribution is 5.39. The average molecular weight is 241 g/mol. The van der Waals surface area contributed by atoms with E-state index < -0.39 is 11.7 Å². The second kappa shape index (κ2) is 3.48. The van der Waals surface area contributed by atoms with Crippen molar-refractivity contribution < 1.29 is 13.2 Å². The molecule has 1 aliphatic carbocycles. The number of fused-ring (bicyclic) bond motifs is 1. The SMILES string of the molecule is Cc1ccc(C2[C@H]3CNC[C@@H]23)cc1C(F)(F)F. The number of hydrogen-bond acceptors (Lipinski definition) is 1. The maximum absolute atomic E-state index is 12.8. The van der Waals surface area contributed by atoms with Gasteiger partial charge in [0.1, 0.15) is 0 Å². The Hall–Kier alpha value is -1.03. The lowest BCUT2D eigenvalue weighted by molar-refractivity contribution is -0.138. The molecule has 0 spiro atoms. The smallest absolute Gasteiger partial charge is 0.316 e. The van der Waals surface area contributed by atoms with Crippen LogP contribution < -0.4 is 5.32 Å². The first-order valence-electron chi connectivity index (χ1n) is 5.87. The zero-order valence-electron chi connectivity index (χ0n) is 9.51. The van der Waals surface area contributed by atoms with Gasteiger partial charge in [-0.15, -0.1) is 0 Å². The Morgan fingerprint density at radius 3 is 2.41 bits per heavy atom. The van der Waals surface area contributed by atoms with E-state index in [1.165, 1.54) is 13.0 Å². The first-order chi connectivity index (χ1) is 7.98. The van der Waals surface area contributed by atoms with Crippen LogP contribution in [0.2, 0.25) is 0 Å². The summed E-state index contributed by atoms with van der Waals surface area (Å²) in [7, 11) is 0. The lowest BCUT2D eigenvalue weighted by atomic mass is 10.00. The number of nitrogens with one attached hydrogen (secondary N) is 1. The number of hydrogen-bond donors (Lipinski definition) is 1. The van der Waals surface area contributed by atoms with Gasteiger partial charge in [-0.05, 0) is 55.0 Å². The molecular weight excluding hydrogens is 227 g/mol. The Morgan fingerprint density at radius 2 is 1.82 bits per heavy atom. The predicted octanol–water partition coefficient (Wildman–Crippen LogP) is 2.95. The molecule has 3 atom stereocenters. The van der Waals surface area contributed by atoms with E-state index in [1.807, 2.05) is 6.07 Å². The van der Waals surface area contributed by atoms with Crippen LogP contribution in [0.1, 0.15) is 22.6 Å². The third-order valence-corrected chi connectivity index (χ3v) is 4.04. The quantitative estimate of drug-likeness (QED) is 0.797. The minimum Gasteiger partial charge on any atom is -0.316 e. The van der Waals surface area contributed by atoms with E-state index in [4.69, 9.17) is 0 Å². The highest BCUT2D eigenvalue weighted by Crippen LogP contribution is 2.56. The molecular formula is C13H14F3N. The fourth-order valence-corrected chi connectivity index (χ4v) is 3.07. The lowest BCUT2D eigenvalue weighted by Crippen LogP contribution is -2.14. The molecule has 92 valence electrons. The molecule has 3 rings (SSSR count). The molecule has 1 nitrogen and oxygen atoms in total. The van der Waals surface area contributed by atoms with Crippen LogP contribution in [0.3, 0.4) is 0 Å². The number of halogens is 3. The molecule has 0 bridgehead atoms. The summed E-state index contributed by atoms with van der Waals surface area (Å²) >= 11 is 0. The molecule has 1 heterocycles. The van der Waals surface area contributed by atoms with Crippen LogP contribution in [-0.2, 0) is 6.18 Å². The van der Waals surface area contributed by atoms with Crippen LogP contribution in [0.25, 0.3) is 0 Å². The predicted molar refractivity (Wildman–Crippen MR) is 58.8 cm³/mol. The summed E-state index contributed by atoms with van der Waals surface area (Å²) in [6.45, 7) is 3.41. The van der Waals surface area contributed by atoms with Crippen molar-refractivity contribution in [2.24, 2.45) is 11.8 Å². The third kappa shape index (κ3) is 1.75. The molecule has 4 heteroatoms. The molecule has 1 aromatic rings. The van der Waals surface area contributed by atoms with E-state index in [2.05, 4.69) is 5.32 Å². The van der Waals surface area contributed by atoms with Gasteiger partial charge in [-0.2, -0.15) is 13.2 Å². The summed E-state index contributed by atoms with van der Waals surface area (Å²) in [6, 6.07) is 4.80. The molecule has 1 saturated carbocycles. The summed E-state index contributed by atoms with van der Waals surface area (Å²) in [4.78, 5) is 0. The van der Waals surface area contributed by atoms with Crippen LogP contribution in [-0.4, -0.2) is 13.1 Å². The van der Waals surface area contributed by atoms with Crippen molar-refractivity contribution in [3.63, 3.8) is 0 Å². The molecule has 2 fully saturated rings. The van der Waals surface area contributed by atoms with Gasteiger partial charge in [-0.1, -0.05) is 12.1 Å². The van der Waals surface area contributed by atoms with E-state index in [-0.39, 0.29) is 0 Å². The Bertz CT molecular complexity index is 442. The fourth-order valence-electron chi connectivity index (χ4n) is 3.07. The summed E-state index contributed by atoms with van der Waals surface area (Å²) in [6.07, 6.45) is -4.23. The summed E-state index contributed by atoms with van der Waals surface area (Å²) in [5.41, 5.74) is 0.692. The molecule has 2 aliphatic rings. The summed E-state index contributed by atoms with van der Waals surface area (Å²) in [5, 5.41) is 3.26. The molecule has 17 heavy (non-hydrogen) atoms. The first-order valence-corrected chi connectivity index (χ1v) is 5.87. The number of benzene rings is 1. The van der Waals surface area contributed by atoms with Crippen LogP contribution in [0.4, 0.5) is 13.2 Å². The molecule has 1 aromatic carbocycles. The molecule has 0 amide bonds. The van der Waals surface area contributed by atoms with Crippen molar-refractivity contribution in [1.29, 1.82) is 0 Å². The van der Waals surface area contributed by atoms with Gasteiger partial charge in [-0.25, -0.2) is 0 Å². The molecule has 1 N–H and O–H groups in total. The lowest BCUT2D eigenvalue weighted by Gasteiger charge is -2.13. The highest BCUT2D eigenvalue weighted by atomic mass is 19.4. The third-order valence-electron chi connectivity index (χ3n) is 4.04. The Labute approximate surface area is 98.0 Å². The van der Waals surface area contributed by atoms with Crippen LogP contribution in [0.5, 0.6) is 0 Å². The van der Waals surface area contributed by atoms with E-state index in [0.29, 0.717) is 23.3 Å². The second-order valence-electron chi connectivity index (χ2n) is 5.08. The van der Waals surface area contributed by atoms with Gasteiger partial charge in [0.05, 0.1) is 5.56 Å². The summed E-state index contributed by atoms with van der Waals surface area (Å²) < 4.78 is 38.4. The van der Waals surface area contributed by atoms with Gasteiger partial charge in [0, 0.05) is 0 Å².